The summed E-state index contributed by atoms with van der Waals surface area (Å²) in [7, 11) is 0. The molecule has 0 spiro atoms. The van der Waals surface area contributed by atoms with Crippen LogP contribution in [0.3, 0.4) is 0 Å². The first-order valence-electron chi connectivity index (χ1n) is 8.27. The molecule has 1 aliphatic carbocycles. The van der Waals surface area contributed by atoms with Crippen LogP contribution in [0.15, 0.2) is 18.5 Å². The molecule has 1 aromatic rings. The highest BCUT2D eigenvalue weighted by Crippen LogP contribution is 2.28. The fourth-order valence-corrected chi connectivity index (χ4v) is 3.22. The lowest BCUT2D eigenvalue weighted by Gasteiger charge is -2.33. The van der Waals surface area contributed by atoms with E-state index in [2.05, 4.69) is 29.6 Å². The molecular weight excluding hydrogens is 280 g/mol. The number of rotatable bonds is 6. The van der Waals surface area contributed by atoms with E-state index in [0.717, 1.165) is 32.1 Å². The normalized spacial score (nSPS) is 23.3. The van der Waals surface area contributed by atoms with Crippen LogP contribution in [0, 0.1) is 5.92 Å². The number of aliphatic hydroxyl groups excluding tert-OH is 1. The van der Waals surface area contributed by atoms with E-state index in [-0.39, 0.29) is 30.8 Å². The molecule has 22 heavy (non-hydrogen) atoms. The minimum absolute atomic E-state index is 0.0289. The Labute approximate surface area is 132 Å². The number of nitrogens with one attached hydrogen (secondary N) is 2. The van der Waals surface area contributed by atoms with Crippen LogP contribution < -0.4 is 10.6 Å². The van der Waals surface area contributed by atoms with E-state index in [1.807, 2.05) is 16.9 Å². The average Bonchev–Trinajstić information content (AvgIpc) is 3.00. The van der Waals surface area contributed by atoms with E-state index in [1.54, 1.807) is 6.20 Å². The van der Waals surface area contributed by atoms with Gasteiger partial charge < -0.3 is 15.7 Å². The Kier molecular flexibility index (Phi) is 6.24. The maximum Gasteiger partial charge on any atom is 0.315 e. The number of aromatic nitrogens is 2. The molecule has 1 fully saturated rings. The van der Waals surface area contributed by atoms with Gasteiger partial charge in [0.1, 0.15) is 0 Å². The molecule has 3 N–H and O–H groups in total. The Bertz CT molecular complexity index is 447. The largest absolute Gasteiger partial charge is 0.394 e. The SMILES string of the molecule is CC(C)CC(CO)NC(=O)NC1CCCCC1n1cccn1. The zero-order valence-corrected chi connectivity index (χ0v) is 13.5. The first kappa shape index (κ1) is 16.8. The van der Waals surface area contributed by atoms with E-state index in [9.17, 15) is 9.90 Å². The third-order valence-electron chi connectivity index (χ3n) is 4.22. The summed E-state index contributed by atoms with van der Waals surface area (Å²) in [5, 5.41) is 19.6. The molecular formula is C16H28N4O2. The highest BCUT2D eigenvalue weighted by Gasteiger charge is 2.28. The van der Waals surface area contributed by atoms with Crippen LogP contribution in [0.1, 0.15) is 52.0 Å². The van der Waals surface area contributed by atoms with Crippen molar-refractivity contribution < 1.29 is 9.90 Å². The van der Waals surface area contributed by atoms with Gasteiger partial charge in [0.25, 0.3) is 0 Å². The lowest BCUT2D eigenvalue weighted by Crippen LogP contribution is -2.51. The maximum absolute atomic E-state index is 12.2. The van der Waals surface area contributed by atoms with Crippen LogP contribution in [0.2, 0.25) is 0 Å². The van der Waals surface area contributed by atoms with Crippen LogP contribution in [-0.4, -0.2) is 39.6 Å². The molecule has 6 nitrogen and oxygen atoms in total. The number of aliphatic hydroxyl groups is 1. The van der Waals surface area contributed by atoms with Crippen molar-refractivity contribution >= 4 is 6.03 Å². The molecule has 2 rings (SSSR count). The van der Waals surface area contributed by atoms with Crippen LogP contribution in [0.5, 0.6) is 0 Å². The van der Waals surface area contributed by atoms with E-state index < -0.39 is 0 Å². The molecule has 3 unspecified atom stereocenters. The second kappa shape index (κ2) is 8.17. The van der Waals surface area contributed by atoms with Crippen molar-refractivity contribution in [2.45, 2.75) is 64.1 Å². The van der Waals surface area contributed by atoms with Gasteiger partial charge >= 0.3 is 6.03 Å². The fourth-order valence-electron chi connectivity index (χ4n) is 3.22. The fraction of sp³-hybridized carbons (Fsp3) is 0.750. The quantitative estimate of drug-likeness (QED) is 0.753. The first-order chi connectivity index (χ1) is 10.6. The Morgan fingerprint density at radius 1 is 1.41 bits per heavy atom. The summed E-state index contributed by atoms with van der Waals surface area (Å²) < 4.78 is 1.95. The summed E-state index contributed by atoms with van der Waals surface area (Å²) in [6.45, 7) is 4.13. The second-order valence-electron chi connectivity index (χ2n) is 6.57. The molecule has 3 atom stereocenters. The highest BCUT2D eigenvalue weighted by atomic mass is 16.3. The molecule has 2 amide bonds. The second-order valence-corrected chi connectivity index (χ2v) is 6.57. The van der Waals surface area contributed by atoms with E-state index in [0.29, 0.717) is 5.92 Å². The standard InChI is InChI=1S/C16H28N4O2/c1-12(2)10-13(11-21)18-16(22)19-14-6-3-4-7-15(14)20-9-5-8-17-20/h5,8-9,12-15,21H,3-4,6-7,10-11H2,1-2H3,(H2,18,19,22). The number of nitrogens with zero attached hydrogens (tertiary/aromatic N) is 2. The van der Waals surface area contributed by atoms with Gasteiger partial charge in [0.05, 0.1) is 24.7 Å². The third kappa shape index (κ3) is 4.73. The number of amides is 2. The van der Waals surface area contributed by atoms with Crippen LogP contribution in [0.4, 0.5) is 4.79 Å². The zero-order chi connectivity index (χ0) is 15.9. The Morgan fingerprint density at radius 3 is 2.82 bits per heavy atom. The predicted octanol–water partition coefficient (Wildman–Crippen LogP) is 2.07. The molecule has 1 aliphatic rings. The smallest absolute Gasteiger partial charge is 0.315 e. The molecule has 0 aromatic carbocycles. The number of carbonyl (C=O) groups is 1. The van der Waals surface area contributed by atoms with Gasteiger partial charge in [-0.15, -0.1) is 0 Å². The summed E-state index contributed by atoms with van der Waals surface area (Å²) in [4.78, 5) is 12.2. The molecule has 0 radical (unpaired) electrons. The van der Waals surface area contributed by atoms with Crippen molar-refractivity contribution in [3.05, 3.63) is 18.5 Å². The molecule has 6 heteroatoms. The van der Waals surface area contributed by atoms with Gasteiger partial charge in [0.2, 0.25) is 0 Å². The third-order valence-corrected chi connectivity index (χ3v) is 4.22. The van der Waals surface area contributed by atoms with Gasteiger partial charge in [0, 0.05) is 12.4 Å². The van der Waals surface area contributed by atoms with Gasteiger partial charge in [-0.25, -0.2) is 4.79 Å². The minimum atomic E-state index is -0.191. The van der Waals surface area contributed by atoms with E-state index in [4.69, 9.17) is 0 Å². The van der Waals surface area contributed by atoms with Crippen LogP contribution in [0.25, 0.3) is 0 Å². The predicted molar refractivity (Wildman–Crippen MR) is 85.5 cm³/mol. The highest BCUT2D eigenvalue weighted by molar-refractivity contribution is 5.74. The van der Waals surface area contributed by atoms with Crippen LogP contribution in [-0.2, 0) is 0 Å². The molecule has 0 saturated heterocycles. The van der Waals surface area contributed by atoms with Gasteiger partial charge in [-0.1, -0.05) is 26.7 Å². The van der Waals surface area contributed by atoms with Crippen molar-refractivity contribution in [3.8, 4) is 0 Å². The molecule has 0 bridgehead atoms. The summed E-state index contributed by atoms with van der Waals surface area (Å²) >= 11 is 0. The molecule has 1 saturated carbocycles. The summed E-state index contributed by atoms with van der Waals surface area (Å²) in [5.41, 5.74) is 0. The molecule has 124 valence electrons. The molecule has 1 heterocycles. The summed E-state index contributed by atoms with van der Waals surface area (Å²) in [6.07, 6.45) is 8.79. The van der Waals surface area contributed by atoms with Gasteiger partial charge in [-0.05, 0) is 31.2 Å². The van der Waals surface area contributed by atoms with Crippen molar-refractivity contribution in [3.63, 3.8) is 0 Å². The Balaban J connectivity index is 1.91. The Hall–Kier alpha value is -1.56. The number of hydrogen-bond acceptors (Lipinski definition) is 3. The van der Waals surface area contributed by atoms with E-state index in [1.165, 1.54) is 0 Å². The van der Waals surface area contributed by atoms with Crippen molar-refractivity contribution in [2.24, 2.45) is 5.92 Å². The summed E-state index contributed by atoms with van der Waals surface area (Å²) in [5.74, 6) is 0.434. The van der Waals surface area contributed by atoms with Crippen molar-refractivity contribution in [1.29, 1.82) is 0 Å². The van der Waals surface area contributed by atoms with Crippen LogP contribution >= 0.6 is 0 Å². The van der Waals surface area contributed by atoms with E-state index >= 15 is 0 Å². The Morgan fingerprint density at radius 2 is 2.18 bits per heavy atom. The monoisotopic (exact) mass is 308 g/mol. The lowest BCUT2D eigenvalue weighted by atomic mass is 9.90. The zero-order valence-electron chi connectivity index (χ0n) is 13.5. The number of carbonyl (C=O) groups excluding carboxylic acids is 1. The first-order valence-corrected chi connectivity index (χ1v) is 8.27. The average molecular weight is 308 g/mol. The summed E-state index contributed by atoms with van der Waals surface area (Å²) in [6, 6.07) is 1.84. The van der Waals surface area contributed by atoms with Gasteiger partial charge in [-0.3, -0.25) is 4.68 Å². The number of urea groups is 1. The van der Waals surface area contributed by atoms with Crippen molar-refractivity contribution in [1.82, 2.24) is 20.4 Å². The minimum Gasteiger partial charge on any atom is -0.394 e. The molecule has 0 aliphatic heterocycles. The molecule has 1 aromatic heterocycles. The lowest BCUT2D eigenvalue weighted by molar-refractivity contribution is 0.193. The van der Waals surface area contributed by atoms with Gasteiger partial charge in [0.15, 0.2) is 0 Å². The topological polar surface area (TPSA) is 79.2 Å². The van der Waals surface area contributed by atoms with Crippen molar-refractivity contribution in [2.75, 3.05) is 6.61 Å². The number of hydrogen-bond donors (Lipinski definition) is 3. The van der Waals surface area contributed by atoms with Gasteiger partial charge in [-0.2, -0.15) is 5.10 Å². The maximum atomic E-state index is 12.2.